The van der Waals surface area contributed by atoms with Crippen LogP contribution < -0.4 is 11.1 Å². The van der Waals surface area contributed by atoms with Crippen molar-refractivity contribution in [3.8, 4) is 11.5 Å². The van der Waals surface area contributed by atoms with E-state index in [1.54, 1.807) is 0 Å². The molecule has 0 fully saturated rings. The first-order valence-corrected chi connectivity index (χ1v) is 5.61. The number of phenols is 2. The predicted octanol–water partition coefficient (Wildman–Crippen LogP) is -0.443. The minimum atomic E-state index is -1.21. The SMILES string of the molecule is C[C@H](N)C(=O)NC(Cc1ccc(O)c(O)c1)C(=O)O. The topological polar surface area (TPSA) is 133 Å². The first kappa shape index (κ1) is 14.8. The number of aliphatic carboxylic acids is 1. The van der Waals surface area contributed by atoms with E-state index in [9.17, 15) is 14.7 Å². The van der Waals surface area contributed by atoms with Gasteiger partial charge >= 0.3 is 5.97 Å². The molecule has 6 N–H and O–H groups in total. The molecule has 0 aliphatic carbocycles. The van der Waals surface area contributed by atoms with Gasteiger partial charge in [0.2, 0.25) is 5.91 Å². The summed E-state index contributed by atoms with van der Waals surface area (Å²) in [7, 11) is 0. The minimum absolute atomic E-state index is 0.0262. The first-order valence-electron chi connectivity index (χ1n) is 5.61. The molecule has 1 aromatic carbocycles. The summed E-state index contributed by atoms with van der Waals surface area (Å²) in [5.41, 5.74) is 5.81. The number of nitrogens with one attached hydrogen (secondary N) is 1. The molecule has 104 valence electrons. The van der Waals surface area contributed by atoms with Gasteiger partial charge < -0.3 is 26.4 Å². The Morgan fingerprint density at radius 2 is 1.95 bits per heavy atom. The van der Waals surface area contributed by atoms with Crippen molar-refractivity contribution in [2.45, 2.75) is 25.4 Å². The number of rotatable bonds is 5. The number of hydrogen-bond donors (Lipinski definition) is 5. The summed E-state index contributed by atoms with van der Waals surface area (Å²) in [5, 5.41) is 29.8. The second kappa shape index (κ2) is 6.05. The molecule has 1 aromatic rings. The van der Waals surface area contributed by atoms with Crippen LogP contribution in [-0.2, 0) is 16.0 Å². The lowest BCUT2D eigenvalue weighted by molar-refractivity contribution is -0.141. The van der Waals surface area contributed by atoms with Gasteiger partial charge in [0, 0.05) is 6.42 Å². The van der Waals surface area contributed by atoms with Crippen LogP contribution in [0.15, 0.2) is 18.2 Å². The summed E-state index contributed by atoms with van der Waals surface area (Å²) in [4.78, 5) is 22.4. The number of hydrogen-bond acceptors (Lipinski definition) is 5. The van der Waals surface area contributed by atoms with Crippen LogP contribution in [0.3, 0.4) is 0 Å². The molecule has 0 heterocycles. The quantitative estimate of drug-likeness (QED) is 0.460. The molecule has 0 radical (unpaired) electrons. The average molecular weight is 268 g/mol. The molecule has 7 heteroatoms. The summed E-state index contributed by atoms with van der Waals surface area (Å²) < 4.78 is 0. The van der Waals surface area contributed by atoms with Crippen molar-refractivity contribution in [1.29, 1.82) is 0 Å². The number of carboxylic acid groups (broad SMARTS) is 1. The fraction of sp³-hybridized carbons (Fsp3) is 0.333. The molecule has 1 unspecified atom stereocenters. The van der Waals surface area contributed by atoms with Crippen LogP contribution in [0.1, 0.15) is 12.5 Å². The third-order valence-corrected chi connectivity index (χ3v) is 2.51. The standard InChI is InChI=1S/C12H16N2O5/c1-6(13)11(17)14-8(12(18)19)4-7-2-3-9(15)10(16)5-7/h2-3,5-6,8,15-16H,4,13H2,1H3,(H,14,17)(H,18,19)/t6-,8?/m0/s1. The highest BCUT2D eigenvalue weighted by molar-refractivity contribution is 5.86. The van der Waals surface area contributed by atoms with Crippen LogP contribution in [0.2, 0.25) is 0 Å². The zero-order chi connectivity index (χ0) is 14.6. The Morgan fingerprint density at radius 1 is 1.32 bits per heavy atom. The summed E-state index contributed by atoms with van der Waals surface area (Å²) >= 11 is 0. The lowest BCUT2D eigenvalue weighted by Gasteiger charge is -2.16. The average Bonchev–Trinajstić information content (AvgIpc) is 2.32. The van der Waals surface area contributed by atoms with E-state index >= 15 is 0 Å². The summed E-state index contributed by atoms with van der Waals surface area (Å²) in [6.07, 6.45) is -0.0262. The molecule has 0 bridgehead atoms. The van der Waals surface area contributed by atoms with Crippen molar-refractivity contribution in [2.75, 3.05) is 0 Å². The number of aromatic hydroxyl groups is 2. The second-order valence-corrected chi connectivity index (χ2v) is 4.22. The molecule has 0 aliphatic rings. The largest absolute Gasteiger partial charge is 0.504 e. The Bertz CT molecular complexity index is 487. The summed E-state index contributed by atoms with van der Waals surface area (Å²) in [6, 6.07) is 1.99. The van der Waals surface area contributed by atoms with Gasteiger partial charge in [0.05, 0.1) is 6.04 Å². The van der Waals surface area contributed by atoms with Gasteiger partial charge in [-0.1, -0.05) is 6.07 Å². The minimum Gasteiger partial charge on any atom is -0.504 e. The number of phenolic OH excluding ortho intramolecular Hbond substituents is 2. The highest BCUT2D eigenvalue weighted by Crippen LogP contribution is 2.25. The van der Waals surface area contributed by atoms with E-state index in [1.165, 1.54) is 25.1 Å². The van der Waals surface area contributed by atoms with Crippen LogP contribution in [0.5, 0.6) is 11.5 Å². The van der Waals surface area contributed by atoms with E-state index in [-0.39, 0.29) is 17.9 Å². The normalized spacial score (nSPS) is 13.6. The van der Waals surface area contributed by atoms with Crippen LogP contribution in [0.4, 0.5) is 0 Å². The molecule has 0 saturated carbocycles. The maximum absolute atomic E-state index is 11.4. The highest BCUT2D eigenvalue weighted by Gasteiger charge is 2.22. The van der Waals surface area contributed by atoms with E-state index in [0.29, 0.717) is 5.56 Å². The van der Waals surface area contributed by atoms with Gasteiger partial charge in [-0.25, -0.2) is 4.79 Å². The Morgan fingerprint density at radius 3 is 2.42 bits per heavy atom. The van der Waals surface area contributed by atoms with Crippen molar-refractivity contribution in [3.05, 3.63) is 23.8 Å². The van der Waals surface area contributed by atoms with Gasteiger partial charge in [-0.15, -0.1) is 0 Å². The van der Waals surface area contributed by atoms with E-state index in [4.69, 9.17) is 15.9 Å². The molecule has 1 amide bonds. The number of carboxylic acids is 1. The van der Waals surface area contributed by atoms with E-state index < -0.39 is 24.0 Å². The van der Waals surface area contributed by atoms with Crippen molar-refractivity contribution in [1.82, 2.24) is 5.32 Å². The molecular formula is C12H16N2O5. The fourth-order valence-corrected chi connectivity index (χ4v) is 1.43. The lowest BCUT2D eigenvalue weighted by atomic mass is 10.0. The third-order valence-electron chi connectivity index (χ3n) is 2.51. The highest BCUT2D eigenvalue weighted by atomic mass is 16.4. The number of benzene rings is 1. The Balaban J connectivity index is 2.81. The molecule has 19 heavy (non-hydrogen) atoms. The van der Waals surface area contributed by atoms with Gasteiger partial charge in [-0.2, -0.15) is 0 Å². The number of nitrogens with two attached hydrogens (primary N) is 1. The predicted molar refractivity (Wildman–Crippen MR) is 66.7 cm³/mol. The molecule has 0 aliphatic heterocycles. The fourth-order valence-electron chi connectivity index (χ4n) is 1.43. The smallest absolute Gasteiger partial charge is 0.326 e. The van der Waals surface area contributed by atoms with Gasteiger partial charge in [0.25, 0.3) is 0 Å². The number of amides is 1. The van der Waals surface area contributed by atoms with Gasteiger partial charge in [0.15, 0.2) is 11.5 Å². The first-order chi connectivity index (χ1) is 8.81. The second-order valence-electron chi connectivity index (χ2n) is 4.22. The molecule has 0 aromatic heterocycles. The van der Waals surface area contributed by atoms with Gasteiger partial charge in [-0.3, -0.25) is 4.79 Å². The summed E-state index contributed by atoms with van der Waals surface area (Å²) in [5.74, 6) is -2.42. The molecule has 0 saturated heterocycles. The molecular weight excluding hydrogens is 252 g/mol. The van der Waals surface area contributed by atoms with Crippen LogP contribution in [-0.4, -0.2) is 39.3 Å². The Labute approximate surface area is 109 Å². The van der Waals surface area contributed by atoms with Crippen molar-refractivity contribution < 1.29 is 24.9 Å². The summed E-state index contributed by atoms with van der Waals surface area (Å²) in [6.45, 7) is 1.45. The van der Waals surface area contributed by atoms with E-state index in [0.717, 1.165) is 0 Å². The van der Waals surface area contributed by atoms with Gasteiger partial charge in [0.1, 0.15) is 6.04 Å². The maximum atomic E-state index is 11.4. The molecule has 2 atom stereocenters. The number of carbonyl (C=O) groups is 2. The zero-order valence-electron chi connectivity index (χ0n) is 10.3. The van der Waals surface area contributed by atoms with Crippen molar-refractivity contribution >= 4 is 11.9 Å². The van der Waals surface area contributed by atoms with Gasteiger partial charge in [-0.05, 0) is 24.6 Å². The van der Waals surface area contributed by atoms with Crippen molar-refractivity contribution in [3.63, 3.8) is 0 Å². The Kier molecular flexibility index (Phi) is 4.71. The molecule has 0 spiro atoms. The Hall–Kier alpha value is -2.28. The van der Waals surface area contributed by atoms with Crippen LogP contribution in [0.25, 0.3) is 0 Å². The van der Waals surface area contributed by atoms with Crippen LogP contribution >= 0.6 is 0 Å². The lowest BCUT2D eigenvalue weighted by Crippen LogP contribution is -2.48. The zero-order valence-corrected chi connectivity index (χ0v) is 10.3. The monoisotopic (exact) mass is 268 g/mol. The van der Waals surface area contributed by atoms with Crippen molar-refractivity contribution in [2.24, 2.45) is 5.73 Å². The van der Waals surface area contributed by atoms with Crippen LogP contribution in [0, 0.1) is 0 Å². The molecule has 7 nitrogen and oxygen atoms in total. The molecule has 1 rings (SSSR count). The number of carbonyl (C=O) groups excluding carboxylic acids is 1. The van der Waals surface area contributed by atoms with E-state index in [1.807, 2.05) is 0 Å². The maximum Gasteiger partial charge on any atom is 0.326 e. The third kappa shape index (κ3) is 4.14. The van der Waals surface area contributed by atoms with E-state index in [2.05, 4.69) is 5.32 Å².